The maximum atomic E-state index is 10.1. The molecule has 0 bridgehead atoms. The fraction of sp³-hybridized carbons (Fsp3) is 1.00. The second-order valence-corrected chi connectivity index (χ2v) is 4.23. The zero-order chi connectivity index (χ0) is 7.71. The fourth-order valence-corrected chi connectivity index (χ4v) is 1.47. The molecule has 0 aromatic heterocycles. The zero-order valence-corrected chi connectivity index (χ0v) is 6.33. The maximum absolute atomic E-state index is 10.1. The Morgan fingerprint density at radius 3 is 2.11 bits per heavy atom. The van der Waals surface area contributed by atoms with E-state index in [9.17, 15) is 8.42 Å². The predicted octanol–water partition coefficient (Wildman–Crippen LogP) is -0.454. The predicted molar refractivity (Wildman–Crippen MR) is 33.4 cm³/mol. The molecule has 0 saturated heterocycles. The van der Waals surface area contributed by atoms with Gasteiger partial charge in [0.15, 0.2) is 5.06 Å². The summed E-state index contributed by atoms with van der Waals surface area (Å²) in [4.78, 5) is 0. The largest absolute Gasteiger partial charge is 0.374 e. The van der Waals surface area contributed by atoms with Crippen LogP contribution in [0, 0.1) is 0 Å². The van der Waals surface area contributed by atoms with Gasteiger partial charge in [0.2, 0.25) is 10.0 Å². The molecule has 0 aliphatic rings. The van der Waals surface area contributed by atoms with E-state index in [0.29, 0.717) is 0 Å². The van der Waals surface area contributed by atoms with Crippen LogP contribution in [0.5, 0.6) is 0 Å². The minimum atomic E-state index is -3.91. The Morgan fingerprint density at radius 1 is 1.78 bits per heavy atom. The SMILES string of the molecule is CC(O)(Cl)CS([NH])(=O)=O. The van der Waals surface area contributed by atoms with Crippen molar-refractivity contribution in [1.29, 1.82) is 0 Å². The molecule has 0 aromatic rings. The quantitative estimate of drug-likeness (QED) is 0.573. The molecule has 0 aliphatic carbocycles. The molecule has 0 heterocycles. The summed E-state index contributed by atoms with van der Waals surface area (Å²) in [7, 11) is -3.91. The van der Waals surface area contributed by atoms with Crippen LogP contribution in [0.25, 0.3) is 0 Å². The fourth-order valence-electron chi connectivity index (χ4n) is 0.347. The normalized spacial score (nSPS) is 19.1. The van der Waals surface area contributed by atoms with Crippen LogP contribution in [0.15, 0.2) is 0 Å². The molecule has 1 radical (unpaired) electrons. The van der Waals surface area contributed by atoms with E-state index in [1.807, 2.05) is 0 Å². The summed E-state index contributed by atoms with van der Waals surface area (Å²) in [6.07, 6.45) is 0. The summed E-state index contributed by atoms with van der Waals surface area (Å²) in [5.74, 6) is -0.748. The molecular formula is C3H7ClNO3S. The number of aliphatic hydroxyl groups is 1. The Morgan fingerprint density at radius 2 is 2.11 bits per heavy atom. The molecule has 1 atom stereocenters. The van der Waals surface area contributed by atoms with Crippen LogP contribution >= 0.6 is 11.6 Å². The minimum absolute atomic E-state index is 0.748. The first-order valence-electron chi connectivity index (χ1n) is 2.09. The van der Waals surface area contributed by atoms with Crippen molar-refractivity contribution in [2.24, 2.45) is 0 Å². The van der Waals surface area contributed by atoms with Gasteiger partial charge in [-0.05, 0) is 6.92 Å². The van der Waals surface area contributed by atoms with E-state index in [1.165, 1.54) is 0 Å². The lowest BCUT2D eigenvalue weighted by molar-refractivity contribution is 0.173. The van der Waals surface area contributed by atoms with Crippen molar-refractivity contribution in [2.45, 2.75) is 12.0 Å². The third kappa shape index (κ3) is 8.16. The number of hydrogen-bond acceptors (Lipinski definition) is 3. The van der Waals surface area contributed by atoms with Crippen molar-refractivity contribution in [1.82, 2.24) is 5.14 Å². The molecule has 6 heteroatoms. The maximum Gasteiger partial charge on any atom is 0.229 e. The van der Waals surface area contributed by atoms with Crippen molar-refractivity contribution < 1.29 is 13.5 Å². The number of alkyl halides is 1. The summed E-state index contributed by atoms with van der Waals surface area (Å²) in [6.45, 7) is 1.11. The molecule has 0 saturated carbocycles. The highest BCUT2D eigenvalue weighted by atomic mass is 35.5. The van der Waals surface area contributed by atoms with E-state index < -0.39 is 20.8 Å². The van der Waals surface area contributed by atoms with Gasteiger partial charge in [0.1, 0.15) is 5.75 Å². The van der Waals surface area contributed by atoms with Gasteiger partial charge in [0.05, 0.1) is 0 Å². The van der Waals surface area contributed by atoms with Gasteiger partial charge in [0, 0.05) is 0 Å². The Hall–Kier alpha value is 0.160. The first-order valence-corrected chi connectivity index (χ1v) is 4.12. The lowest BCUT2D eigenvalue weighted by atomic mass is 10.5. The van der Waals surface area contributed by atoms with E-state index in [4.69, 9.17) is 21.8 Å². The molecule has 0 fully saturated rings. The van der Waals surface area contributed by atoms with Gasteiger partial charge in [0.25, 0.3) is 0 Å². The van der Waals surface area contributed by atoms with Gasteiger partial charge in [-0.3, -0.25) is 0 Å². The second-order valence-electron chi connectivity index (χ2n) is 1.90. The minimum Gasteiger partial charge on any atom is -0.374 e. The van der Waals surface area contributed by atoms with Gasteiger partial charge in [-0.1, -0.05) is 11.6 Å². The summed E-state index contributed by atoms with van der Waals surface area (Å²) in [5, 5.41) is 13.1. The van der Waals surface area contributed by atoms with Crippen LogP contribution in [0.1, 0.15) is 6.92 Å². The summed E-state index contributed by atoms with van der Waals surface area (Å²) >= 11 is 5.07. The molecule has 9 heavy (non-hydrogen) atoms. The molecule has 2 N–H and O–H groups in total. The van der Waals surface area contributed by atoms with Gasteiger partial charge >= 0.3 is 0 Å². The number of rotatable bonds is 2. The number of hydrogen-bond donors (Lipinski definition) is 1. The summed E-state index contributed by atoms with van der Waals surface area (Å²) in [6, 6.07) is 0. The molecule has 1 unspecified atom stereocenters. The van der Waals surface area contributed by atoms with Crippen molar-refractivity contribution in [2.75, 3.05) is 5.75 Å². The highest BCUT2D eigenvalue weighted by Crippen LogP contribution is 2.10. The Kier molecular flexibility index (Phi) is 2.46. The van der Waals surface area contributed by atoms with Crippen molar-refractivity contribution in [3.05, 3.63) is 0 Å². The first kappa shape index (κ1) is 9.16. The van der Waals surface area contributed by atoms with Gasteiger partial charge in [-0.2, -0.15) is 0 Å². The Bertz CT molecular complexity index is 180. The molecule has 0 rings (SSSR count). The monoisotopic (exact) mass is 172 g/mol. The lowest BCUT2D eigenvalue weighted by Crippen LogP contribution is -2.27. The Balaban J connectivity index is 4.07. The van der Waals surface area contributed by atoms with E-state index >= 15 is 0 Å². The van der Waals surface area contributed by atoms with Crippen LogP contribution in [0.3, 0.4) is 0 Å². The van der Waals surface area contributed by atoms with Crippen LogP contribution in [0.2, 0.25) is 0 Å². The van der Waals surface area contributed by atoms with Crippen LogP contribution in [0.4, 0.5) is 0 Å². The molecule has 0 aliphatic heterocycles. The highest BCUT2D eigenvalue weighted by molar-refractivity contribution is 7.88. The average Bonchev–Trinajstić information content (AvgIpc) is 1.14. The highest BCUT2D eigenvalue weighted by Gasteiger charge is 2.22. The van der Waals surface area contributed by atoms with Crippen LogP contribution in [-0.4, -0.2) is 24.3 Å². The van der Waals surface area contributed by atoms with Crippen LogP contribution < -0.4 is 5.14 Å². The number of halogens is 1. The molecule has 0 spiro atoms. The third-order valence-corrected chi connectivity index (χ3v) is 1.69. The van der Waals surface area contributed by atoms with E-state index in [2.05, 4.69) is 0 Å². The molecular weight excluding hydrogens is 166 g/mol. The van der Waals surface area contributed by atoms with Crippen molar-refractivity contribution in [3.8, 4) is 0 Å². The second kappa shape index (κ2) is 2.42. The number of nitrogens with one attached hydrogen (secondary N) is 1. The first-order chi connectivity index (χ1) is 3.71. The molecule has 0 aromatic carbocycles. The summed E-state index contributed by atoms with van der Waals surface area (Å²) < 4.78 is 20.1. The van der Waals surface area contributed by atoms with E-state index in [-0.39, 0.29) is 0 Å². The standard InChI is InChI=1S/C3H7ClNO3S/c1-3(4,6)2-9(5,7)8/h5-6H,2H2,1H3. The zero-order valence-electron chi connectivity index (χ0n) is 4.76. The summed E-state index contributed by atoms with van der Waals surface area (Å²) in [5.41, 5.74) is 0. The molecule has 55 valence electrons. The Labute approximate surface area is 58.7 Å². The third-order valence-electron chi connectivity index (χ3n) is 0.453. The van der Waals surface area contributed by atoms with E-state index in [1.54, 1.807) is 0 Å². The van der Waals surface area contributed by atoms with Gasteiger partial charge in [-0.25, -0.2) is 8.42 Å². The van der Waals surface area contributed by atoms with Crippen molar-refractivity contribution >= 4 is 21.6 Å². The average molecular weight is 173 g/mol. The lowest BCUT2D eigenvalue weighted by Gasteiger charge is -2.10. The van der Waals surface area contributed by atoms with Gasteiger partial charge in [-0.15, -0.1) is 5.14 Å². The van der Waals surface area contributed by atoms with Gasteiger partial charge < -0.3 is 5.11 Å². The van der Waals surface area contributed by atoms with E-state index in [0.717, 1.165) is 6.92 Å². The van der Waals surface area contributed by atoms with Crippen molar-refractivity contribution in [3.63, 3.8) is 0 Å². The molecule has 4 nitrogen and oxygen atoms in total. The topological polar surface area (TPSA) is 78.2 Å². The smallest absolute Gasteiger partial charge is 0.229 e. The molecule has 0 amide bonds. The number of sulfonamides is 1. The van der Waals surface area contributed by atoms with Crippen LogP contribution in [-0.2, 0) is 10.0 Å².